The molecule has 0 bridgehead atoms. The third-order valence-corrected chi connectivity index (χ3v) is 14.2. The van der Waals surface area contributed by atoms with E-state index in [0.717, 1.165) is 41.3 Å². The minimum absolute atomic E-state index is 0.0557. The Labute approximate surface area is 403 Å². The first kappa shape index (κ1) is 48.1. The number of aromatic nitrogens is 4. The number of aryl methyl sites for hydroxylation is 1. The van der Waals surface area contributed by atoms with Crippen molar-refractivity contribution in [3.63, 3.8) is 0 Å². The van der Waals surface area contributed by atoms with E-state index in [4.69, 9.17) is 45.4 Å². The van der Waals surface area contributed by atoms with E-state index in [9.17, 15) is 9.18 Å². The highest BCUT2D eigenvalue weighted by atomic mass is 35.5. The summed E-state index contributed by atoms with van der Waals surface area (Å²) in [5, 5.41) is 5.33. The molecule has 0 N–H and O–H groups in total. The standard InChI is InChI=1S/C50H55ClF4N8O6/c1-31-42-28-60(17-7-19-63(42)58-45(31)47(64)59(2)67-5)46-39-29-68-43(22-41(39)56-48(57-46)69-30-49-16-6-18-62(49)27-34(23-49)24-52)38-20-35(21-40(51)44(38)50(53,54)55)61(25-32-8-12-36(65-3)13-9-32)26-33-10-14-37(66-4)15-11-33/h8-15,20-21,24,43H,6-7,16-19,22-23,25-30H2,1-5H3/b34-24-/t43?,49-/m0/s1. The number of carbonyl (C=O) groups excluding carboxylic acids is 1. The molecule has 366 valence electrons. The van der Waals surface area contributed by atoms with Crippen LogP contribution in [0.1, 0.15) is 87.0 Å². The predicted molar refractivity (Wildman–Crippen MR) is 250 cm³/mol. The van der Waals surface area contributed by atoms with Crippen LogP contribution >= 0.6 is 11.6 Å². The first-order valence-corrected chi connectivity index (χ1v) is 23.3. The summed E-state index contributed by atoms with van der Waals surface area (Å²) in [4.78, 5) is 34.6. The molecule has 2 saturated heterocycles. The molecule has 0 saturated carbocycles. The van der Waals surface area contributed by atoms with E-state index in [1.54, 1.807) is 14.2 Å². The molecule has 9 rings (SSSR count). The molecule has 4 aliphatic heterocycles. The normalized spacial score (nSPS) is 19.8. The summed E-state index contributed by atoms with van der Waals surface area (Å²) >= 11 is 6.75. The van der Waals surface area contributed by atoms with Gasteiger partial charge in [-0.2, -0.15) is 28.2 Å². The minimum atomic E-state index is -4.83. The van der Waals surface area contributed by atoms with Gasteiger partial charge in [-0.05, 0) is 97.8 Å². The maximum absolute atomic E-state index is 15.3. The van der Waals surface area contributed by atoms with E-state index >= 15 is 13.2 Å². The molecule has 0 radical (unpaired) electrons. The Hall–Kier alpha value is -5.95. The van der Waals surface area contributed by atoms with Crippen molar-refractivity contribution in [2.24, 2.45) is 0 Å². The zero-order chi connectivity index (χ0) is 48.6. The molecule has 6 heterocycles. The number of alkyl halides is 3. The first-order chi connectivity index (χ1) is 33.2. The van der Waals surface area contributed by atoms with Crippen LogP contribution in [0.25, 0.3) is 0 Å². The van der Waals surface area contributed by atoms with Gasteiger partial charge in [0.05, 0.1) is 74.4 Å². The average molecular weight is 975 g/mol. The molecular weight excluding hydrogens is 920 g/mol. The molecule has 1 unspecified atom stereocenters. The van der Waals surface area contributed by atoms with Crippen molar-refractivity contribution in [1.29, 1.82) is 0 Å². The van der Waals surface area contributed by atoms with Crippen molar-refractivity contribution in [2.75, 3.05) is 64.4 Å². The fourth-order valence-electron chi connectivity index (χ4n) is 10.2. The van der Waals surface area contributed by atoms with Crippen LogP contribution in [0.5, 0.6) is 17.5 Å². The number of carbonyl (C=O) groups is 1. The summed E-state index contributed by atoms with van der Waals surface area (Å²) in [6.45, 7) is 5.28. The highest BCUT2D eigenvalue weighted by Crippen LogP contribution is 2.47. The fraction of sp³-hybridized carbons (Fsp3) is 0.440. The number of halogens is 5. The molecule has 19 heteroatoms. The van der Waals surface area contributed by atoms with Crippen molar-refractivity contribution in [3.05, 3.63) is 128 Å². The van der Waals surface area contributed by atoms with E-state index in [0.29, 0.717) is 104 Å². The lowest BCUT2D eigenvalue weighted by molar-refractivity contribution is -0.139. The van der Waals surface area contributed by atoms with Crippen LogP contribution < -0.4 is 24.0 Å². The van der Waals surface area contributed by atoms with Crippen molar-refractivity contribution >= 4 is 29.0 Å². The molecule has 0 spiro atoms. The molecule has 2 fully saturated rings. The third-order valence-electron chi connectivity index (χ3n) is 13.9. The number of fused-ring (bicyclic) bond motifs is 3. The second-order valence-electron chi connectivity index (χ2n) is 18.1. The Morgan fingerprint density at radius 3 is 2.29 bits per heavy atom. The Morgan fingerprint density at radius 1 is 0.957 bits per heavy atom. The molecule has 4 aliphatic rings. The molecule has 14 nitrogen and oxygen atoms in total. The molecule has 3 aromatic carbocycles. The number of hydrogen-bond acceptors (Lipinski definition) is 12. The number of benzene rings is 3. The van der Waals surface area contributed by atoms with E-state index in [2.05, 4.69) is 14.9 Å². The number of hydroxylamine groups is 2. The van der Waals surface area contributed by atoms with Crippen LogP contribution in [-0.2, 0) is 55.0 Å². The van der Waals surface area contributed by atoms with E-state index in [1.165, 1.54) is 26.3 Å². The maximum Gasteiger partial charge on any atom is 0.418 e. The van der Waals surface area contributed by atoms with Crippen LogP contribution in [0.4, 0.5) is 29.1 Å². The maximum atomic E-state index is 15.3. The zero-order valence-corrected chi connectivity index (χ0v) is 40.0. The smallest absolute Gasteiger partial charge is 0.418 e. The highest BCUT2D eigenvalue weighted by molar-refractivity contribution is 6.31. The van der Waals surface area contributed by atoms with E-state index in [1.807, 2.05) is 65.0 Å². The van der Waals surface area contributed by atoms with Gasteiger partial charge in [-0.1, -0.05) is 35.9 Å². The van der Waals surface area contributed by atoms with E-state index in [-0.39, 0.29) is 42.8 Å². The Balaban J connectivity index is 1.10. The van der Waals surface area contributed by atoms with E-state index < -0.39 is 28.4 Å². The lowest BCUT2D eigenvalue weighted by atomic mass is 9.93. The molecule has 0 aliphatic carbocycles. The lowest BCUT2D eigenvalue weighted by Crippen LogP contribution is -2.43. The number of methoxy groups -OCH3 is 2. The highest BCUT2D eigenvalue weighted by Gasteiger charge is 2.47. The summed E-state index contributed by atoms with van der Waals surface area (Å²) in [6, 6.07) is 17.9. The molecular formula is C50H55ClF4N8O6. The van der Waals surface area contributed by atoms with Crippen molar-refractivity contribution < 1.29 is 46.1 Å². The monoisotopic (exact) mass is 974 g/mol. The van der Waals surface area contributed by atoms with Gasteiger partial charge in [0.25, 0.3) is 5.91 Å². The molecule has 2 aromatic heterocycles. The van der Waals surface area contributed by atoms with Gasteiger partial charge in [-0.25, -0.2) is 9.45 Å². The number of hydrogen-bond donors (Lipinski definition) is 0. The van der Waals surface area contributed by atoms with Crippen LogP contribution in [-0.4, -0.2) is 95.8 Å². The summed E-state index contributed by atoms with van der Waals surface area (Å²) in [5.74, 6) is 1.47. The van der Waals surface area contributed by atoms with Gasteiger partial charge in [0.2, 0.25) is 0 Å². The second kappa shape index (κ2) is 19.8. The molecule has 1 amide bonds. The third kappa shape index (κ3) is 9.81. The molecule has 5 aromatic rings. The van der Waals surface area contributed by atoms with Gasteiger partial charge in [0.1, 0.15) is 23.9 Å². The van der Waals surface area contributed by atoms with Crippen molar-refractivity contribution in [3.8, 4) is 17.5 Å². The van der Waals surface area contributed by atoms with Gasteiger partial charge in [0.15, 0.2) is 5.69 Å². The van der Waals surface area contributed by atoms with Crippen LogP contribution in [0.3, 0.4) is 0 Å². The SMILES string of the molecule is COc1ccc(CN(Cc2ccc(OC)cc2)c2cc(Cl)c(C(F)(F)F)c(C3Cc4nc(OC[C@@]56CCCN5C/C(=C\F)C6)nc(N5CCCn6nc(C(=O)N(C)OC)c(C)c6C5)c4CO3)c2)cc1. The van der Waals surface area contributed by atoms with Crippen LogP contribution in [0.15, 0.2) is 72.6 Å². The Bertz CT molecular complexity index is 2670. The van der Waals surface area contributed by atoms with Gasteiger partial charge in [-0.3, -0.25) is 19.2 Å². The van der Waals surface area contributed by atoms with Crippen LogP contribution in [0.2, 0.25) is 5.02 Å². The van der Waals surface area contributed by atoms with Gasteiger partial charge >= 0.3 is 12.2 Å². The summed E-state index contributed by atoms with van der Waals surface area (Å²) in [5.41, 5.74) is 4.24. The number of amides is 1. The lowest BCUT2D eigenvalue weighted by Gasteiger charge is -2.33. The average Bonchev–Trinajstić information content (AvgIpc) is 3.95. The first-order valence-electron chi connectivity index (χ1n) is 22.9. The van der Waals surface area contributed by atoms with Gasteiger partial charge < -0.3 is 28.7 Å². The largest absolute Gasteiger partial charge is 0.497 e. The summed E-state index contributed by atoms with van der Waals surface area (Å²) < 4.78 is 85.5. The number of ether oxygens (including phenoxy) is 4. The quantitative estimate of drug-likeness (QED) is 0.0780. The Kier molecular flexibility index (Phi) is 13.8. The number of anilines is 2. The number of nitrogens with zero attached hydrogens (tertiary/aromatic N) is 8. The van der Waals surface area contributed by atoms with Crippen LogP contribution in [0, 0.1) is 6.92 Å². The topological polar surface area (TPSA) is 120 Å². The zero-order valence-electron chi connectivity index (χ0n) is 39.2. The van der Waals surface area contributed by atoms with Crippen molar-refractivity contribution in [2.45, 2.75) is 89.6 Å². The summed E-state index contributed by atoms with van der Waals surface area (Å²) in [6.07, 6.45) is -2.44. The Morgan fingerprint density at radius 2 is 1.65 bits per heavy atom. The number of rotatable bonds is 14. The summed E-state index contributed by atoms with van der Waals surface area (Å²) in [7, 11) is 6.10. The van der Waals surface area contributed by atoms with Gasteiger partial charge in [0, 0.05) is 63.0 Å². The molecule has 69 heavy (non-hydrogen) atoms. The predicted octanol–water partition coefficient (Wildman–Crippen LogP) is 9.21. The van der Waals surface area contributed by atoms with Crippen molar-refractivity contribution in [1.82, 2.24) is 29.7 Å². The molecule has 2 atom stereocenters. The van der Waals surface area contributed by atoms with Gasteiger partial charge in [-0.15, -0.1) is 0 Å². The minimum Gasteiger partial charge on any atom is -0.497 e. The fourth-order valence-corrected chi connectivity index (χ4v) is 10.5. The second-order valence-corrected chi connectivity index (χ2v) is 18.5.